The molecule has 0 aliphatic heterocycles. The third-order valence-electron chi connectivity index (χ3n) is 3.07. The standard InChI is InChI=1S/C17H15BrN4OS/c18-14-6-4-12(5-7-14)10-23-15-3-1-2-13(8-15)9-20-22-17-21-16(19)11-24-17/h1-9,11H,10,19H2,(H,21,22). The van der Waals surface area contributed by atoms with E-state index >= 15 is 0 Å². The van der Waals surface area contributed by atoms with Gasteiger partial charge in [0, 0.05) is 9.85 Å². The van der Waals surface area contributed by atoms with Crippen LogP contribution in [0.2, 0.25) is 0 Å². The van der Waals surface area contributed by atoms with Crippen molar-refractivity contribution < 1.29 is 4.74 Å². The molecule has 0 saturated heterocycles. The van der Waals surface area contributed by atoms with Crippen LogP contribution in [-0.4, -0.2) is 11.2 Å². The van der Waals surface area contributed by atoms with Crippen LogP contribution < -0.4 is 15.9 Å². The monoisotopic (exact) mass is 402 g/mol. The van der Waals surface area contributed by atoms with Crippen LogP contribution in [0.3, 0.4) is 0 Å². The van der Waals surface area contributed by atoms with Gasteiger partial charge in [0.15, 0.2) is 0 Å². The molecule has 0 aliphatic rings. The fraction of sp³-hybridized carbons (Fsp3) is 0.0588. The predicted molar refractivity (Wildman–Crippen MR) is 103 cm³/mol. The van der Waals surface area contributed by atoms with Gasteiger partial charge in [0.2, 0.25) is 5.13 Å². The molecule has 24 heavy (non-hydrogen) atoms. The van der Waals surface area contributed by atoms with Crippen LogP contribution in [0.5, 0.6) is 5.75 Å². The molecule has 0 spiro atoms. The second-order valence-electron chi connectivity index (χ2n) is 4.94. The highest BCUT2D eigenvalue weighted by Gasteiger charge is 1.98. The number of halogens is 1. The summed E-state index contributed by atoms with van der Waals surface area (Å²) >= 11 is 4.83. The summed E-state index contributed by atoms with van der Waals surface area (Å²) in [7, 11) is 0. The third-order valence-corrected chi connectivity index (χ3v) is 4.37. The number of nitrogens with zero attached hydrogens (tertiary/aromatic N) is 2. The van der Waals surface area contributed by atoms with Gasteiger partial charge in [-0.15, -0.1) is 11.3 Å². The van der Waals surface area contributed by atoms with E-state index in [-0.39, 0.29) is 0 Å². The Morgan fingerprint density at radius 3 is 2.83 bits per heavy atom. The van der Waals surface area contributed by atoms with Crippen LogP contribution in [0, 0.1) is 0 Å². The zero-order valence-corrected chi connectivity index (χ0v) is 15.0. The van der Waals surface area contributed by atoms with Gasteiger partial charge < -0.3 is 10.5 Å². The average molecular weight is 403 g/mol. The second-order valence-corrected chi connectivity index (χ2v) is 6.71. The van der Waals surface area contributed by atoms with E-state index in [0.717, 1.165) is 21.3 Å². The van der Waals surface area contributed by atoms with Gasteiger partial charge in [0.05, 0.1) is 6.21 Å². The number of aromatic nitrogens is 1. The number of ether oxygens (including phenoxy) is 1. The molecule has 1 heterocycles. The molecule has 122 valence electrons. The molecule has 5 nitrogen and oxygen atoms in total. The zero-order chi connectivity index (χ0) is 16.8. The molecular formula is C17H15BrN4OS. The first kappa shape index (κ1) is 16.5. The van der Waals surface area contributed by atoms with E-state index in [2.05, 4.69) is 31.4 Å². The Hall–Kier alpha value is -2.38. The summed E-state index contributed by atoms with van der Waals surface area (Å²) in [6, 6.07) is 15.8. The molecule has 0 bridgehead atoms. The lowest BCUT2D eigenvalue weighted by atomic mass is 10.2. The minimum atomic E-state index is 0.487. The summed E-state index contributed by atoms with van der Waals surface area (Å²) in [5.41, 5.74) is 10.4. The Morgan fingerprint density at radius 2 is 2.08 bits per heavy atom. The summed E-state index contributed by atoms with van der Waals surface area (Å²) in [5.74, 6) is 1.28. The summed E-state index contributed by atoms with van der Waals surface area (Å²) in [6.07, 6.45) is 1.71. The van der Waals surface area contributed by atoms with Crippen LogP contribution in [0.4, 0.5) is 10.9 Å². The van der Waals surface area contributed by atoms with E-state index in [1.807, 2.05) is 48.5 Å². The Bertz CT molecular complexity index is 833. The van der Waals surface area contributed by atoms with E-state index in [0.29, 0.717) is 17.6 Å². The van der Waals surface area contributed by atoms with Gasteiger partial charge in [-0.25, -0.2) is 4.98 Å². The highest BCUT2D eigenvalue weighted by molar-refractivity contribution is 9.10. The first-order valence-corrected chi connectivity index (χ1v) is 8.84. The summed E-state index contributed by atoms with van der Waals surface area (Å²) in [6.45, 7) is 0.518. The molecule has 0 unspecified atom stereocenters. The maximum Gasteiger partial charge on any atom is 0.205 e. The minimum Gasteiger partial charge on any atom is -0.489 e. The van der Waals surface area contributed by atoms with E-state index < -0.39 is 0 Å². The van der Waals surface area contributed by atoms with Crippen molar-refractivity contribution in [3.63, 3.8) is 0 Å². The van der Waals surface area contributed by atoms with Crippen molar-refractivity contribution in [1.29, 1.82) is 0 Å². The van der Waals surface area contributed by atoms with Crippen molar-refractivity contribution in [2.75, 3.05) is 11.2 Å². The highest BCUT2D eigenvalue weighted by Crippen LogP contribution is 2.17. The molecule has 3 rings (SSSR count). The molecule has 3 aromatic rings. The molecule has 0 saturated carbocycles. The van der Waals surface area contributed by atoms with Gasteiger partial charge in [0.25, 0.3) is 0 Å². The molecule has 7 heteroatoms. The van der Waals surface area contributed by atoms with Crippen LogP contribution >= 0.6 is 27.3 Å². The summed E-state index contributed by atoms with van der Waals surface area (Å²) in [5, 5.41) is 6.57. The van der Waals surface area contributed by atoms with Gasteiger partial charge >= 0.3 is 0 Å². The summed E-state index contributed by atoms with van der Waals surface area (Å²) < 4.78 is 6.87. The maximum absolute atomic E-state index is 5.82. The number of thiazole rings is 1. The Labute approximate surface area is 152 Å². The van der Waals surface area contributed by atoms with E-state index in [4.69, 9.17) is 10.5 Å². The molecule has 2 aromatic carbocycles. The number of nitrogens with two attached hydrogens (primary N) is 1. The third kappa shape index (κ3) is 4.81. The number of benzene rings is 2. The lowest BCUT2D eigenvalue weighted by Crippen LogP contribution is -1.96. The molecule has 3 N–H and O–H groups in total. The number of rotatable bonds is 6. The van der Waals surface area contributed by atoms with Crippen molar-refractivity contribution in [2.24, 2.45) is 5.10 Å². The first-order chi connectivity index (χ1) is 11.7. The van der Waals surface area contributed by atoms with E-state index in [1.54, 1.807) is 11.6 Å². The van der Waals surface area contributed by atoms with Gasteiger partial charge in [-0.05, 0) is 35.4 Å². The molecule has 0 radical (unpaired) electrons. The second kappa shape index (κ2) is 7.94. The SMILES string of the molecule is Nc1csc(NN=Cc2cccc(OCc3ccc(Br)cc3)c2)n1. The molecular weight excluding hydrogens is 388 g/mol. The first-order valence-electron chi connectivity index (χ1n) is 7.16. The largest absolute Gasteiger partial charge is 0.489 e. The molecule has 0 amide bonds. The van der Waals surface area contributed by atoms with E-state index in [1.165, 1.54) is 11.3 Å². The fourth-order valence-electron chi connectivity index (χ4n) is 1.93. The van der Waals surface area contributed by atoms with Crippen molar-refractivity contribution in [3.8, 4) is 5.75 Å². The van der Waals surface area contributed by atoms with Crippen molar-refractivity contribution in [1.82, 2.24) is 4.98 Å². The van der Waals surface area contributed by atoms with Gasteiger partial charge in [0.1, 0.15) is 18.2 Å². The normalized spacial score (nSPS) is 10.9. The predicted octanol–water partition coefficient (Wildman–Crippen LogP) is 4.51. The van der Waals surface area contributed by atoms with Crippen LogP contribution in [0.1, 0.15) is 11.1 Å². The number of hydrazone groups is 1. The van der Waals surface area contributed by atoms with Crippen molar-refractivity contribution in [3.05, 3.63) is 69.5 Å². The highest BCUT2D eigenvalue weighted by atomic mass is 79.9. The lowest BCUT2D eigenvalue weighted by Gasteiger charge is -2.07. The quantitative estimate of drug-likeness (QED) is 0.469. The summed E-state index contributed by atoms with van der Waals surface area (Å²) in [4.78, 5) is 4.07. The van der Waals surface area contributed by atoms with Crippen molar-refractivity contribution >= 4 is 44.4 Å². The number of nitrogens with one attached hydrogen (secondary N) is 1. The van der Waals surface area contributed by atoms with Crippen LogP contribution in [0.25, 0.3) is 0 Å². The minimum absolute atomic E-state index is 0.487. The van der Waals surface area contributed by atoms with Gasteiger partial charge in [-0.2, -0.15) is 5.10 Å². The Kier molecular flexibility index (Phi) is 5.45. The van der Waals surface area contributed by atoms with Gasteiger partial charge in [-0.1, -0.05) is 40.2 Å². The fourth-order valence-corrected chi connectivity index (χ4v) is 2.74. The van der Waals surface area contributed by atoms with E-state index in [9.17, 15) is 0 Å². The maximum atomic E-state index is 5.82. The van der Waals surface area contributed by atoms with Crippen LogP contribution in [-0.2, 0) is 6.61 Å². The van der Waals surface area contributed by atoms with Crippen molar-refractivity contribution in [2.45, 2.75) is 6.61 Å². The number of anilines is 2. The Balaban J connectivity index is 1.58. The smallest absolute Gasteiger partial charge is 0.205 e. The zero-order valence-electron chi connectivity index (χ0n) is 12.6. The topological polar surface area (TPSA) is 72.5 Å². The van der Waals surface area contributed by atoms with Gasteiger partial charge in [-0.3, -0.25) is 5.43 Å². The van der Waals surface area contributed by atoms with Crippen LogP contribution in [0.15, 0.2) is 63.5 Å². The molecule has 0 atom stereocenters. The number of hydrogen-bond acceptors (Lipinski definition) is 6. The number of hydrogen-bond donors (Lipinski definition) is 2. The number of nitrogen functional groups attached to an aromatic ring is 1. The Morgan fingerprint density at radius 1 is 1.25 bits per heavy atom. The lowest BCUT2D eigenvalue weighted by molar-refractivity contribution is 0.306. The molecule has 0 aliphatic carbocycles. The molecule has 0 fully saturated rings. The average Bonchev–Trinajstić information content (AvgIpc) is 3.00. The molecule has 1 aromatic heterocycles.